The molecule has 2 rings (SSSR count). The van der Waals surface area contributed by atoms with Crippen LogP contribution in [0.25, 0.3) is 0 Å². The van der Waals surface area contributed by atoms with E-state index in [0.717, 1.165) is 5.56 Å². The minimum atomic E-state index is -0.342. The molecule has 0 bridgehead atoms. The van der Waals surface area contributed by atoms with Crippen molar-refractivity contribution in [1.29, 1.82) is 0 Å². The molecule has 0 aliphatic carbocycles. The predicted octanol–water partition coefficient (Wildman–Crippen LogP) is 2.26. The van der Waals surface area contributed by atoms with E-state index in [2.05, 4.69) is 5.32 Å². The molecule has 2 amide bonds. The van der Waals surface area contributed by atoms with Crippen LogP contribution in [-0.4, -0.2) is 29.8 Å². The lowest BCUT2D eigenvalue weighted by molar-refractivity contribution is -0.141. The molecule has 0 saturated carbocycles. The van der Waals surface area contributed by atoms with Crippen LogP contribution in [0.1, 0.15) is 38.3 Å². The number of rotatable bonds is 3. The van der Waals surface area contributed by atoms with E-state index in [4.69, 9.17) is 0 Å². The zero-order valence-electron chi connectivity index (χ0n) is 12.6. The molecule has 4 nitrogen and oxygen atoms in total. The van der Waals surface area contributed by atoms with Gasteiger partial charge in [-0.15, -0.1) is 0 Å². The van der Waals surface area contributed by atoms with Gasteiger partial charge in [-0.05, 0) is 38.0 Å². The highest BCUT2D eigenvalue weighted by Gasteiger charge is 2.38. The Morgan fingerprint density at radius 2 is 1.95 bits per heavy atom. The zero-order valence-corrected chi connectivity index (χ0v) is 12.6. The summed E-state index contributed by atoms with van der Waals surface area (Å²) in [5.74, 6) is -0.677. The maximum atomic E-state index is 13.1. The van der Waals surface area contributed by atoms with E-state index in [-0.39, 0.29) is 35.6 Å². The van der Waals surface area contributed by atoms with Gasteiger partial charge in [-0.2, -0.15) is 0 Å². The van der Waals surface area contributed by atoms with Gasteiger partial charge in [-0.25, -0.2) is 4.39 Å². The molecule has 1 aliphatic heterocycles. The second-order valence-electron chi connectivity index (χ2n) is 5.81. The molecule has 1 saturated heterocycles. The third kappa shape index (κ3) is 3.40. The molecular weight excluding hydrogens is 271 g/mol. The average molecular weight is 292 g/mol. The predicted molar refractivity (Wildman–Crippen MR) is 77.9 cm³/mol. The van der Waals surface area contributed by atoms with Crippen molar-refractivity contribution in [3.63, 3.8) is 0 Å². The normalized spacial score (nSPS) is 22.5. The molecule has 1 heterocycles. The van der Waals surface area contributed by atoms with Gasteiger partial charge in [0, 0.05) is 19.5 Å². The van der Waals surface area contributed by atoms with Gasteiger partial charge >= 0.3 is 0 Å². The van der Waals surface area contributed by atoms with E-state index in [1.807, 2.05) is 13.8 Å². The lowest BCUT2D eigenvalue weighted by atomic mass is 9.84. The van der Waals surface area contributed by atoms with E-state index in [9.17, 15) is 14.0 Å². The molecule has 2 atom stereocenters. The Balaban J connectivity index is 2.31. The van der Waals surface area contributed by atoms with E-state index in [0.29, 0.717) is 12.8 Å². The first-order valence-electron chi connectivity index (χ1n) is 7.21. The number of halogens is 1. The Bertz CT molecular complexity index is 528. The quantitative estimate of drug-likeness (QED) is 0.929. The number of likely N-dealkylation sites (tertiary alicyclic amines) is 1. The highest BCUT2D eigenvalue weighted by atomic mass is 19.1. The summed E-state index contributed by atoms with van der Waals surface area (Å²) in [5.41, 5.74) is 0.788. The van der Waals surface area contributed by atoms with Crippen molar-refractivity contribution < 1.29 is 14.0 Å². The van der Waals surface area contributed by atoms with Gasteiger partial charge < -0.3 is 10.2 Å². The van der Waals surface area contributed by atoms with Gasteiger partial charge in [0.05, 0.1) is 12.0 Å². The SMILES string of the molecule is CC(C)NC(=O)[C@H]1CCC(=O)N(C)[C@@H]1c1ccc(F)cc1. The van der Waals surface area contributed by atoms with Crippen LogP contribution >= 0.6 is 0 Å². The Hall–Kier alpha value is -1.91. The van der Waals surface area contributed by atoms with Crippen LogP contribution in [-0.2, 0) is 9.59 Å². The smallest absolute Gasteiger partial charge is 0.225 e. The first-order chi connectivity index (χ1) is 9.90. The molecule has 0 unspecified atom stereocenters. The Morgan fingerprint density at radius 3 is 2.52 bits per heavy atom. The van der Waals surface area contributed by atoms with Crippen LogP contribution in [0.4, 0.5) is 4.39 Å². The Labute approximate surface area is 124 Å². The first-order valence-corrected chi connectivity index (χ1v) is 7.21. The van der Waals surface area contributed by atoms with E-state index in [1.54, 1.807) is 24.1 Å². The summed E-state index contributed by atoms with van der Waals surface area (Å²) in [4.78, 5) is 25.9. The van der Waals surface area contributed by atoms with Crippen LogP contribution in [0, 0.1) is 11.7 Å². The van der Waals surface area contributed by atoms with Crippen LogP contribution in [0.15, 0.2) is 24.3 Å². The number of hydrogen-bond donors (Lipinski definition) is 1. The summed E-state index contributed by atoms with van der Waals surface area (Å²) >= 11 is 0. The minimum absolute atomic E-state index is 0.0120. The fourth-order valence-electron chi connectivity index (χ4n) is 2.82. The molecule has 1 fully saturated rings. The summed E-state index contributed by atoms with van der Waals surface area (Å²) in [7, 11) is 1.70. The van der Waals surface area contributed by atoms with Crippen molar-refractivity contribution in [2.24, 2.45) is 5.92 Å². The highest BCUT2D eigenvalue weighted by Crippen LogP contribution is 2.35. The minimum Gasteiger partial charge on any atom is -0.354 e. The summed E-state index contributed by atoms with van der Waals surface area (Å²) in [5, 5.41) is 2.91. The second-order valence-corrected chi connectivity index (χ2v) is 5.81. The maximum Gasteiger partial charge on any atom is 0.225 e. The van der Waals surface area contributed by atoms with Crippen LogP contribution in [0.2, 0.25) is 0 Å². The van der Waals surface area contributed by atoms with Crippen LogP contribution in [0.3, 0.4) is 0 Å². The van der Waals surface area contributed by atoms with Gasteiger partial charge in [0.2, 0.25) is 11.8 Å². The number of piperidine rings is 1. The number of carbonyl (C=O) groups excluding carboxylic acids is 2. The second kappa shape index (κ2) is 6.24. The van der Waals surface area contributed by atoms with Gasteiger partial charge in [-0.3, -0.25) is 9.59 Å². The summed E-state index contributed by atoms with van der Waals surface area (Å²) in [6, 6.07) is 5.72. The Kier molecular flexibility index (Phi) is 4.60. The molecule has 1 aromatic carbocycles. The third-order valence-electron chi connectivity index (χ3n) is 3.84. The molecule has 1 N–H and O–H groups in total. The molecule has 21 heavy (non-hydrogen) atoms. The highest BCUT2D eigenvalue weighted by molar-refractivity contribution is 5.85. The van der Waals surface area contributed by atoms with E-state index < -0.39 is 0 Å². The monoisotopic (exact) mass is 292 g/mol. The van der Waals surface area contributed by atoms with Crippen molar-refractivity contribution in [3.8, 4) is 0 Å². The van der Waals surface area contributed by atoms with Gasteiger partial charge in [0.25, 0.3) is 0 Å². The molecule has 5 heteroatoms. The first kappa shape index (κ1) is 15.5. The zero-order chi connectivity index (χ0) is 15.6. The van der Waals surface area contributed by atoms with E-state index >= 15 is 0 Å². The van der Waals surface area contributed by atoms with Gasteiger partial charge in [-0.1, -0.05) is 12.1 Å². The van der Waals surface area contributed by atoms with Gasteiger partial charge in [0.1, 0.15) is 5.82 Å². The van der Waals surface area contributed by atoms with Crippen LogP contribution < -0.4 is 5.32 Å². The molecule has 0 spiro atoms. The molecular formula is C16H21FN2O2. The maximum absolute atomic E-state index is 13.1. The fraction of sp³-hybridized carbons (Fsp3) is 0.500. The summed E-state index contributed by atoms with van der Waals surface area (Å²) in [6.45, 7) is 3.81. The number of carbonyl (C=O) groups is 2. The largest absolute Gasteiger partial charge is 0.354 e. The third-order valence-corrected chi connectivity index (χ3v) is 3.84. The number of nitrogens with zero attached hydrogens (tertiary/aromatic N) is 1. The molecule has 114 valence electrons. The molecule has 1 aliphatic rings. The van der Waals surface area contributed by atoms with Crippen LogP contribution in [0.5, 0.6) is 0 Å². The van der Waals surface area contributed by atoms with Gasteiger partial charge in [0.15, 0.2) is 0 Å². The number of nitrogens with one attached hydrogen (secondary N) is 1. The van der Waals surface area contributed by atoms with Crippen molar-refractivity contribution in [1.82, 2.24) is 10.2 Å². The van der Waals surface area contributed by atoms with Crippen molar-refractivity contribution in [3.05, 3.63) is 35.6 Å². The van der Waals surface area contributed by atoms with Crippen molar-refractivity contribution in [2.75, 3.05) is 7.05 Å². The lowest BCUT2D eigenvalue weighted by Gasteiger charge is -2.38. The molecule has 0 aromatic heterocycles. The molecule has 0 radical (unpaired) electrons. The average Bonchev–Trinajstić information content (AvgIpc) is 2.42. The summed E-state index contributed by atoms with van der Waals surface area (Å²) < 4.78 is 13.1. The van der Waals surface area contributed by atoms with Crippen molar-refractivity contribution in [2.45, 2.75) is 38.8 Å². The standard InChI is InChI=1S/C16H21FN2O2/c1-10(2)18-16(21)13-8-9-14(20)19(3)15(13)11-4-6-12(17)7-5-11/h4-7,10,13,15H,8-9H2,1-3H3,(H,18,21)/t13-,15+/m0/s1. The summed E-state index contributed by atoms with van der Waals surface area (Å²) in [6.07, 6.45) is 0.883. The topological polar surface area (TPSA) is 49.4 Å². The fourth-order valence-corrected chi connectivity index (χ4v) is 2.82. The Morgan fingerprint density at radius 1 is 1.33 bits per heavy atom. The molecule has 1 aromatic rings. The number of amides is 2. The van der Waals surface area contributed by atoms with E-state index in [1.165, 1.54) is 12.1 Å². The number of benzene rings is 1. The van der Waals surface area contributed by atoms with Crippen molar-refractivity contribution >= 4 is 11.8 Å². The lowest BCUT2D eigenvalue weighted by Crippen LogP contribution is -2.47. The number of hydrogen-bond acceptors (Lipinski definition) is 2.